The number of aromatic nitrogens is 2. The molecule has 33 heavy (non-hydrogen) atoms. The van der Waals surface area contributed by atoms with Gasteiger partial charge in [0, 0.05) is 30.4 Å². The Bertz CT molecular complexity index is 1350. The van der Waals surface area contributed by atoms with Crippen molar-refractivity contribution >= 4 is 22.4 Å². The van der Waals surface area contributed by atoms with Crippen LogP contribution in [0.1, 0.15) is 29.0 Å². The predicted octanol–water partition coefficient (Wildman–Crippen LogP) is 4.78. The Balaban J connectivity index is 1.57. The number of rotatable bonds is 6. The Morgan fingerprint density at radius 3 is 2.55 bits per heavy atom. The van der Waals surface area contributed by atoms with Crippen LogP contribution < -0.4 is 15.2 Å². The smallest absolute Gasteiger partial charge is 0.275 e. The first-order valence-electron chi connectivity index (χ1n) is 10.9. The van der Waals surface area contributed by atoms with E-state index in [4.69, 9.17) is 9.47 Å². The van der Waals surface area contributed by atoms with E-state index < -0.39 is 0 Å². The maximum Gasteiger partial charge on any atom is 0.275 e. The van der Waals surface area contributed by atoms with Crippen LogP contribution in [-0.4, -0.2) is 35.1 Å². The fraction of sp³-hybridized carbons (Fsp3) is 0.231. The van der Waals surface area contributed by atoms with Crippen molar-refractivity contribution in [3.05, 3.63) is 88.6 Å². The molecule has 0 radical (unpaired) electrons. The molecule has 2 aromatic heterocycles. The van der Waals surface area contributed by atoms with E-state index in [1.807, 2.05) is 61.5 Å². The Labute approximate surface area is 191 Å². The number of benzene rings is 2. The highest BCUT2D eigenvalue weighted by Crippen LogP contribution is 2.39. The third-order valence-electron chi connectivity index (χ3n) is 6.20. The van der Waals surface area contributed by atoms with Gasteiger partial charge in [0.15, 0.2) is 5.75 Å². The van der Waals surface area contributed by atoms with Gasteiger partial charge in [0.25, 0.3) is 11.5 Å². The second kappa shape index (κ2) is 8.60. The molecule has 2 aromatic carbocycles. The van der Waals surface area contributed by atoms with Gasteiger partial charge in [0.05, 0.1) is 17.2 Å². The number of pyridine rings is 1. The third kappa shape index (κ3) is 3.91. The van der Waals surface area contributed by atoms with E-state index >= 15 is 0 Å². The van der Waals surface area contributed by atoms with Crippen LogP contribution in [0.15, 0.2) is 71.7 Å². The number of aromatic amines is 2. The summed E-state index contributed by atoms with van der Waals surface area (Å²) in [4.78, 5) is 34.1. The average Bonchev–Trinajstić information content (AvgIpc) is 3.18. The Kier molecular flexibility index (Phi) is 5.48. The molecule has 5 rings (SSSR count). The van der Waals surface area contributed by atoms with Gasteiger partial charge in [-0.25, -0.2) is 0 Å². The number of anilines is 1. The van der Waals surface area contributed by atoms with Crippen molar-refractivity contribution < 1.29 is 14.3 Å². The lowest BCUT2D eigenvalue weighted by Gasteiger charge is -2.42. The largest absolute Gasteiger partial charge is 0.455 e. The number of amides is 1. The molecule has 0 bridgehead atoms. The number of nitrogens with one attached hydrogen (secondary N) is 2. The van der Waals surface area contributed by atoms with Crippen molar-refractivity contribution in [3.8, 4) is 11.5 Å². The molecule has 0 unspecified atom stereocenters. The molecule has 0 atom stereocenters. The molecule has 168 valence electrons. The molecule has 7 heteroatoms. The van der Waals surface area contributed by atoms with Gasteiger partial charge in [0.1, 0.15) is 11.4 Å². The second-order valence-electron chi connectivity index (χ2n) is 8.30. The standard InChI is InChI=1S/C26H25N3O4/c1-16-24-17(15-27-16)12-21(28-25(24)30)26(31)29(18-13-20(14-18)32-2)22-10-6-7-11-23(22)33-19-8-4-3-5-9-19/h3-12,15,18,20,27H,13-14H2,1-2H3,(H,28,30). The fourth-order valence-corrected chi connectivity index (χ4v) is 4.35. The van der Waals surface area contributed by atoms with Gasteiger partial charge in [-0.3, -0.25) is 9.59 Å². The second-order valence-corrected chi connectivity index (χ2v) is 8.30. The maximum atomic E-state index is 13.8. The molecule has 1 aliphatic carbocycles. The summed E-state index contributed by atoms with van der Waals surface area (Å²) >= 11 is 0. The minimum absolute atomic E-state index is 0.0740. The number of para-hydroxylation sites is 3. The number of H-pyrrole nitrogens is 2. The summed E-state index contributed by atoms with van der Waals surface area (Å²) in [5.74, 6) is 0.966. The number of nitrogens with zero attached hydrogens (tertiary/aromatic N) is 1. The lowest BCUT2D eigenvalue weighted by Crippen LogP contribution is -2.51. The van der Waals surface area contributed by atoms with Crippen LogP contribution in [0.5, 0.6) is 11.5 Å². The van der Waals surface area contributed by atoms with Crippen molar-refractivity contribution in [1.29, 1.82) is 0 Å². The van der Waals surface area contributed by atoms with E-state index in [1.165, 1.54) is 0 Å². The molecule has 1 fully saturated rings. The normalized spacial score (nSPS) is 17.5. The molecule has 0 aliphatic heterocycles. The molecule has 4 aromatic rings. The topological polar surface area (TPSA) is 87.4 Å². The van der Waals surface area contributed by atoms with E-state index in [-0.39, 0.29) is 29.3 Å². The van der Waals surface area contributed by atoms with Crippen molar-refractivity contribution in [2.75, 3.05) is 12.0 Å². The lowest BCUT2D eigenvalue weighted by molar-refractivity contribution is 0.0249. The molecule has 0 saturated heterocycles. The van der Waals surface area contributed by atoms with E-state index in [1.54, 1.807) is 24.3 Å². The van der Waals surface area contributed by atoms with Crippen LogP contribution in [0, 0.1) is 6.92 Å². The van der Waals surface area contributed by atoms with Gasteiger partial charge in [-0.15, -0.1) is 0 Å². The summed E-state index contributed by atoms with van der Waals surface area (Å²) in [7, 11) is 1.68. The van der Waals surface area contributed by atoms with Crippen LogP contribution in [0.25, 0.3) is 10.8 Å². The molecule has 0 spiro atoms. The Hall–Kier alpha value is -3.84. The van der Waals surface area contributed by atoms with Gasteiger partial charge < -0.3 is 24.3 Å². The van der Waals surface area contributed by atoms with E-state index in [2.05, 4.69) is 9.97 Å². The minimum atomic E-state index is -0.285. The number of methoxy groups -OCH3 is 1. The van der Waals surface area contributed by atoms with Gasteiger partial charge in [-0.05, 0) is 50.1 Å². The zero-order valence-electron chi connectivity index (χ0n) is 18.5. The van der Waals surface area contributed by atoms with Gasteiger partial charge in [-0.1, -0.05) is 30.3 Å². The van der Waals surface area contributed by atoms with Crippen LogP contribution in [0.2, 0.25) is 0 Å². The summed E-state index contributed by atoms with van der Waals surface area (Å²) < 4.78 is 11.6. The molecule has 1 aliphatic rings. The lowest BCUT2D eigenvalue weighted by atomic mass is 9.87. The maximum absolute atomic E-state index is 13.8. The number of hydrogen-bond donors (Lipinski definition) is 2. The van der Waals surface area contributed by atoms with Crippen LogP contribution in [-0.2, 0) is 4.74 Å². The van der Waals surface area contributed by atoms with Gasteiger partial charge in [0.2, 0.25) is 0 Å². The average molecular weight is 444 g/mol. The highest BCUT2D eigenvalue weighted by molar-refractivity contribution is 6.07. The summed E-state index contributed by atoms with van der Waals surface area (Å²) in [6, 6.07) is 18.6. The summed E-state index contributed by atoms with van der Waals surface area (Å²) in [5, 5.41) is 1.27. The van der Waals surface area contributed by atoms with E-state index in [0.29, 0.717) is 40.8 Å². The van der Waals surface area contributed by atoms with E-state index in [0.717, 1.165) is 5.69 Å². The van der Waals surface area contributed by atoms with Crippen LogP contribution in [0.3, 0.4) is 0 Å². The van der Waals surface area contributed by atoms with E-state index in [9.17, 15) is 9.59 Å². The Morgan fingerprint density at radius 1 is 1.06 bits per heavy atom. The van der Waals surface area contributed by atoms with Crippen molar-refractivity contribution in [3.63, 3.8) is 0 Å². The van der Waals surface area contributed by atoms with Crippen molar-refractivity contribution in [2.45, 2.75) is 31.9 Å². The highest BCUT2D eigenvalue weighted by atomic mass is 16.5. The number of fused-ring (bicyclic) bond motifs is 1. The zero-order chi connectivity index (χ0) is 22.9. The molecule has 1 amide bonds. The van der Waals surface area contributed by atoms with Crippen molar-refractivity contribution in [1.82, 2.24) is 9.97 Å². The number of carbonyl (C=O) groups excluding carboxylic acids is 1. The first kappa shape index (κ1) is 21.0. The van der Waals surface area contributed by atoms with Crippen LogP contribution in [0.4, 0.5) is 5.69 Å². The summed E-state index contributed by atoms with van der Waals surface area (Å²) in [5.41, 5.74) is 1.37. The van der Waals surface area contributed by atoms with Gasteiger partial charge in [-0.2, -0.15) is 0 Å². The summed E-state index contributed by atoms with van der Waals surface area (Å²) in [6.45, 7) is 1.84. The molecular weight excluding hydrogens is 418 g/mol. The number of aryl methyl sites for hydroxylation is 1. The number of ether oxygens (including phenoxy) is 2. The third-order valence-corrected chi connectivity index (χ3v) is 6.20. The molecule has 1 saturated carbocycles. The SMILES string of the molecule is COC1CC(N(C(=O)c2cc3c[nH]c(C)c3c(=O)[nH]2)c2ccccc2Oc2ccccc2)C1. The molecular formula is C26H25N3O4. The molecule has 2 heterocycles. The minimum Gasteiger partial charge on any atom is -0.455 e. The zero-order valence-corrected chi connectivity index (χ0v) is 18.5. The summed E-state index contributed by atoms with van der Waals surface area (Å²) in [6.07, 6.45) is 3.26. The highest BCUT2D eigenvalue weighted by Gasteiger charge is 2.39. The first-order valence-corrected chi connectivity index (χ1v) is 10.9. The molecule has 7 nitrogen and oxygen atoms in total. The number of hydrogen-bond acceptors (Lipinski definition) is 4. The monoisotopic (exact) mass is 443 g/mol. The Morgan fingerprint density at radius 2 is 1.79 bits per heavy atom. The molecule has 2 N–H and O–H groups in total. The van der Waals surface area contributed by atoms with Crippen molar-refractivity contribution in [2.24, 2.45) is 0 Å². The first-order chi connectivity index (χ1) is 16.0. The van der Waals surface area contributed by atoms with Gasteiger partial charge >= 0.3 is 0 Å². The number of carbonyl (C=O) groups is 1. The fourth-order valence-electron chi connectivity index (χ4n) is 4.35. The van der Waals surface area contributed by atoms with Crippen LogP contribution >= 0.6 is 0 Å². The predicted molar refractivity (Wildman–Crippen MR) is 127 cm³/mol. The quantitative estimate of drug-likeness (QED) is 0.449.